The van der Waals surface area contributed by atoms with Crippen LogP contribution in [0.3, 0.4) is 0 Å². The lowest BCUT2D eigenvalue weighted by molar-refractivity contribution is 1.64. The van der Waals surface area contributed by atoms with Crippen molar-refractivity contribution in [3.63, 3.8) is 0 Å². The van der Waals surface area contributed by atoms with Gasteiger partial charge in [0.1, 0.15) is 0 Å². The highest BCUT2D eigenvalue weighted by Crippen LogP contribution is 2.25. The molecule has 0 heterocycles. The van der Waals surface area contributed by atoms with Gasteiger partial charge in [0.25, 0.3) is 0 Å². The van der Waals surface area contributed by atoms with Crippen LogP contribution in [0.2, 0.25) is 0 Å². The van der Waals surface area contributed by atoms with Gasteiger partial charge in [-0.05, 0) is 35.1 Å². The zero-order valence-corrected chi connectivity index (χ0v) is 13.8. The van der Waals surface area contributed by atoms with Gasteiger partial charge in [-0.25, -0.2) is 0 Å². The molecule has 0 radical (unpaired) electrons. The fraction of sp³-hybridized carbons (Fsp3) is 0. The summed E-state index contributed by atoms with van der Waals surface area (Å²) in [5, 5.41) is 11.9. The van der Waals surface area contributed by atoms with E-state index >= 15 is 0 Å². The molecule has 4 rings (SSSR count). The van der Waals surface area contributed by atoms with Gasteiger partial charge in [-0.15, -0.1) is 0 Å². The predicted molar refractivity (Wildman–Crippen MR) is 108 cm³/mol. The van der Waals surface area contributed by atoms with Crippen molar-refractivity contribution in [3.05, 3.63) is 84.9 Å². The summed E-state index contributed by atoms with van der Waals surface area (Å²) in [6, 6.07) is 28.9. The van der Waals surface area contributed by atoms with Crippen LogP contribution in [0.25, 0.3) is 21.5 Å². The Balaban J connectivity index is 1.62. The predicted octanol–water partition coefficient (Wildman–Crippen LogP) is 5.80. The molecule has 0 saturated heterocycles. The smallest absolute Gasteiger partial charge is 0.175 e. The molecular weight excluding hydrogens is 312 g/mol. The van der Waals surface area contributed by atoms with Crippen molar-refractivity contribution in [2.75, 3.05) is 10.6 Å². The van der Waals surface area contributed by atoms with E-state index in [4.69, 9.17) is 12.2 Å². The third-order valence-electron chi connectivity index (χ3n) is 4.08. The molecule has 3 heteroatoms. The lowest BCUT2D eigenvalue weighted by Gasteiger charge is -2.14. The summed E-state index contributed by atoms with van der Waals surface area (Å²) in [6.45, 7) is 0. The summed E-state index contributed by atoms with van der Waals surface area (Å²) in [4.78, 5) is 0. The number of nitrogens with one attached hydrogen (secondary N) is 2. The number of fused-ring (bicyclic) bond motifs is 2. The lowest BCUT2D eigenvalue weighted by Crippen LogP contribution is -2.19. The van der Waals surface area contributed by atoms with E-state index in [1.807, 2.05) is 48.5 Å². The SMILES string of the molecule is S=C(Nc1cccc2ccccc12)Nc1cccc2ccccc12. The second-order valence-corrected chi connectivity index (χ2v) is 6.04. The molecule has 0 bridgehead atoms. The van der Waals surface area contributed by atoms with E-state index in [1.54, 1.807) is 0 Å². The molecular formula is C21H16N2S. The first kappa shape index (κ1) is 14.7. The summed E-state index contributed by atoms with van der Waals surface area (Å²) in [6.07, 6.45) is 0. The summed E-state index contributed by atoms with van der Waals surface area (Å²) >= 11 is 5.52. The number of hydrogen-bond donors (Lipinski definition) is 2. The van der Waals surface area contributed by atoms with Crippen molar-refractivity contribution in [2.45, 2.75) is 0 Å². The van der Waals surface area contributed by atoms with Crippen LogP contribution in [0.15, 0.2) is 84.9 Å². The molecule has 2 N–H and O–H groups in total. The maximum absolute atomic E-state index is 5.52. The second-order valence-electron chi connectivity index (χ2n) is 5.63. The second kappa shape index (κ2) is 6.30. The van der Waals surface area contributed by atoms with Crippen LogP contribution in [0.5, 0.6) is 0 Å². The van der Waals surface area contributed by atoms with Crippen molar-refractivity contribution in [1.82, 2.24) is 0 Å². The number of rotatable bonds is 2. The molecule has 0 fully saturated rings. The molecule has 0 amide bonds. The molecule has 0 aliphatic rings. The van der Waals surface area contributed by atoms with Crippen molar-refractivity contribution in [3.8, 4) is 0 Å². The molecule has 116 valence electrons. The summed E-state index contributed by atoms with van der Waals surface area (Å²) < 4.78 is 0. The highest BCUT2D eigenvalue weighted by molar-refractivity contribution is 7.80. The van der Waals surface area contributed by atoms with Crippen LogP contribution in [0.4, 0.5) is 11.4 Å². The minimum atomic E-state index is 0.586. The first-order valence-corrected chi connectivity index (χ1v) is 8.26. The van der Waals surface area contributed by atoms with E-state index in [2.05, 4.69) is 47.0 Å². The molecule has 4 aromatic rings. The molecule has 0 atom stereocenters. The van der Waals surface area contributed by atoms with Crippen LogP contribution < -0.4 is 10.6 Å². The number of thiocarbonyl (C=S) groups is 1. The Morgan fingerprint density at radius 2 is 0.958 bits per heavy atom. The maximum Gasteiger partial charge on any atom is 0.175 e. The van der Waals surface area contributed by atoms with Gasteiger partial charge in [0.2, 0.25) is 0 Å². The molecule has 0 spiro atoms. The largest absolute Gasteiger partial charge is 0.332 e. The maximum atomic E-state index is 5.52. The Morgan fingerprint density at radius 3 is 1.46 bits per heavy atom. The lowest BCUT2D eigenvalue weighted by atomic mass is 10.1. The van der Waals surface area contributed by atoms with Crippen molar-refractivity contribution in [2.24, 2.45) is 0 Å². The minimum Gasteiger partial charge on any atom is -0.332 e. The third kappa shape index (κ3) is 2.82. The zero-order valence-electron chi connectivity index (χ0n) is 13.0. The van der Waals surface area contributed by atoms with Crippen LogP contribution in [0.1, 0.15) is 0 Å². The van der Waals surface area contributed by atoms with Gasteiger partial charge in [0.15, 0.2) is 5.11 Å². The summed E-state index contributed by atoms with van der Waals surface area (Å²) in [7, 11) is 0. The molecule has 0 aliphatic heterocycles. The Kier molecular flexibility index (Phi) is 3.85. The topological polar surface area (TPSA) is 24.1 Å². The van der Waals surface area contributed by atoms with Crippen LogP contribution in [-0.2, 0) is 0 Å². The number of anilines is 2. The van der Waals surface area contributed by atoms with E-state index in [1.165, 1.54) is 10.8 Å². The highest BCUT2D eigenvalue weighted by atomic mass is 32.1. The molecule has 4 aromatic carbocycles. The number of benzene rings is 4. The summed E-state index contributed by atoms with van der Waals surface area (Å²) in [5.41, 5.74) is 2.01. The first-order chi connectivity index (χ1) is 11.8. The van der Waals surface area contributed by atoms with Crippen LogP contribution in [-0.4, -0.2) is 5.11 Å². The van der Waals surface area contributed by atoms with Crippen LogP contribution >= 0.6 is 12.2 Å². The van der Waals surface area contributed by atoms with Gasteiger partial charge in [0, 0.05) is 22.1 Å². The fourth-order valence-corrected chi connectivity index (χ4v) is 3.16. The van der Waals surface area contributed by atoms with E-state index in [0.29, 0.717) is 5.11 Å². The molecule has 0 aliphatic carbocycles. The van der Waals surface area contributed by atoms with Crippen molar-refractivity contribution < 1.29 is 0 Å². The van der Waals surface area contributed by atoms with Gasteiger partial charge >= 0.3 is 0 Å². The monoisotopic (exact) mass is 328 g/mol. The quantitative estimate of drug-likeness (QED) is 0.455. The van der Waals surface area contributed by atoms with Crippen LogP contribution in [0, 0.1) is 0 Å². The third-order valence-corrected chi connectivity index (χ3v) is 4.28. The van der Waals surface area contributed by atoms with Gasteiger partial charge in [-0.3, -0.25) is 0 Å². The molecule has 0 saturated carbocycles. The van der Waals surface area contributed by atoms with E-state index in [-0.39, 0.29) is 0 Å². The minimum absolute atomic E-state index is 0.586. The average molecular weight is 328 g/mol. The van der Waals surface area contributed by atoms with Gasteiger partial charge < -0.3 is 10.6 Å². The average Bonchev–Trinajstić information content (AvgIpc) is 2.62. The standard InChI is InChI=1S/C21H16N2S/c24-21(22-19-13-5-9-15-7-1-3-11-17(15)19)23-20-14-6-10-16-8-2-4-12-18(16)20/h1-14H,(H2,22,23,24). The first-order valence-electron chi connectivity index (χ1n) is 7.85. The molecule has 0 aromatic heterocycles. The van der Waals surface area contributed by atoms with Gasteiger partial charge in [-0.2, -0.15) is 0 Å². The Morgan fingerprint density at radius 1 is 0.542 bits per heavy atom. The molecule has 2 nitrogen and oxygen atoms in total. The molecule has 0 unspecified atom stereocenters. The van der Waals surface area contributed by atoms with Crippen molar-refractivity contribution in [1.29, 1.82) is 0 Å². The highest BCUT2D eigenvalue weighted by Gasteiger charge is 2.05. The van der Waals surface area contributed by atoms with Gasteiger partial charge in [0.05, 0.1) is 0 Å². The Bertz CT molecular complexity index is 946. The van der Waals surface area contributed by atoms with Gasteiger partial charge in [-0.1, -0.05) is 72.8 Å². The van der Waals surface area contributed by atoms with E-state index < -0.39 is 0 Å². The Labute approximate surface area is 146 Å². The normalized spacial score (nSPS) is 10.7. The summed E-state index contributed by atoms with van der Waals surface area (Å²) in [5.74, 6) is 0. The van der Waals surface area contributed by atoms with Crippen molar-refractivity contribution >= 4 is 50.2 Å². The van der Waals surface area contributed by atoms with E-state index in [0.717, 1.165) is 22.1 Å². The fourth-order valence-electron chi connectivity index (χ4n) is 2.94. The number of hydrogen-bond acceptors (Lipinski definition) is 1. The Hall–Kier alpha value is -2.91. The van der Waals surface area contributed by atoms with E-state index in [9.17, 15) is 0 Å². The zero-order chi connectivity index (χ0) is 16.4. The molecule has 24 heavy (non-hydrogen) atoms.